The Bertz CT molecular complexity index is 817. The summed E-state index contributed by atoms with van der Waals surface area (Å²) in [5.74, 6) is -0.891. The molecule has 0 spiro atoms. The Morgan fingerprint density at radius 3 is 2.68 bits per heavy atom. The molecule has 3 aromatic rings. The van der Waals surface area contributed by atoms with Crippen molar-refractivity contribution in [1.29, 1.82) is 0 Å². The molecule has 1 amide bonds. The third-order valence-electron chi connectivity index (χ3n) is 3.08. The number of halogens is 2. The predicted octanol–water partition coefficient (Wildman–Crippen LogP) is 3.92. The van der Waals surface area contributed by atoms with Crippen molar-refractivity contribution in [2.75, 3.05) is 5.32 Å². The molecule has 0 radical (unpaired) electrons. The highest BCUT2D eigenvalue weighted by molar-refractivity contribution is 6.31. The average molecular weight is 316 g/mol. The van der Waals surface area contributed by atoms with Gasteiger partial charge in [0.2, 0.25) is 0 Å². The van der Waals surface area contributed by atoms with Gasteiger partial charge in [-0.3, -0.25) is 9.36 Å². The summed E-state index contributed by atoms with van der Waals surface area (Å²) in [6.07, 6.45) is 3.02. The number of hydrogen-bond acceptors (Lipinski definition) is 2. The van der Waals surface area contributed by atoms with Gasteiger partial charge in [-0.1, -0.05) is 29.8 Å². The van der Waals surface area contributed by atoms with Crippen molar-refractivity contribution in [1.82, 2.24) is 9.55 Å². The summed E-state index contributed by atoms with van der Waals surface area (Å²) >= 11 is 5.71. The minimum atomic E-state index is -0.533. The van der Waals surface area contributed by atoms with Crippen LogP contribution in [0.15, 0.2) is 61.1 Å². The summed E-state index contributed by atoms with van der Waals surface area (Å²) in [4.78, 5) is 16.4. The molecule has 0 saturated carbocycles. The molecule has 3 rings (SSSR count). The number of amides is 1. The molecule has 2 aromatic carbocycles. The molecule has 0 aliphatic rings. The number of nitrogens with zero attached hydrogens (tertiary/aromatic N) is 2. The van der Waals surface area contributed by atoms with Gasteiger partial charge in [-0.2, -0.15) is 0 Å². The second kappa shape index (κ2) is 5.99. The van der Waals surface area contributed by atoms with E-state index in [1.807, 2.05) is 30.3 Å². The average Bonchev–Trinajstić information content (AvgIpc) is 3.01. The zero-order valence-corrected chi connectivity index (χ0v) is 12.1. The maximum atomic E-state index is 13.1. The highest BCUT2D eigenvalue weighted by Gasteiger charge is 2.13. The van der Waals surface area contributed by atoms with Crippen LogP contribution in [0.25, 0.3) is 5.69 Å². The van der Waals surface area contributed by atoms with E-state index >= 15 is 0 Å². The standard InChI is InChI=1S/C16H11ClFN3O/c17-13-8-11(6-7-14(13)18)20-16(22)15-9-19-10-21(15)12-4-2-1-3-5-12/h1-10H,(H,20,22). The predicted molar refractivity (Wildman–Crippen MR) is 82.9 cm³/mol. The van der Waals surface area contributed by atoms with E-state index in [2.05, 4.69) is 10.3 Å². The summed E-state index contributed by atoms with van der Waals surface area (Å²) < 4.78 is 14.8. The monoisotopic (exact) mass is 315 g/mol. The zero-order valence-electron chi connectivity index (χ0n) is 11.3. The Hall–Kier alpha value is -2.66. The number of benzene rings is 2. The van der Waals surface area contributed by atoms with Gasteiger partial charge in [-0.15, -0.1) is 0 Å². The second-order valence-corrected chi connectivity index (χ2v) is 4.97. The van der Waals surface area contributed by atoms with Gasteiger partial charge in [0, 0.05) is 11.4 Å². The fourth-order valence-corrected chi connectivity index (χ4v) is 2.21. The SMILES string of the molecule is O=C(Nc1ccc(F)c(Cl)c1)c1cncn1-c1ccccc1. The molecular weight excluding hydrogens is 305 g/mol. The van der Waals surface area contributed by atoms with Crippen molar-refractivity contribution >= 4 is 23.2 Å². The molecule has 22 heavy (non-hydrogen) atoms. The minimum Gasteiger partial charge on any atom is -0.321 e. The molecule has 1 N–H and O–H groups in total. The molecular formula is C16H11ClFN3O. The molecule has 0 bridgehead atoms. The van der Waals surface area contributed by atoms with Crippen LogP contribution in [0, 0.1) is 5.82 Å². The first kappa shape index (κ1) is 14.3. The Labute approximate surface area is 131 Å². The smallest absolute Gasteiger partial charge is 0.274 e. The van der Waals surface area contributed by atoms with Crippen LogP contribution < -0.4 is 5.32 Å². The minimum absolute atomic E-state index is 0.0469. The Morgan fingerprint density at radius 1 is 1.18 bits per heavy atom. The van der Waals surface area contributed by atoms with Crippen LogP contribution in [-0.4, -0.2) is 15.5 Å². The van der Waals surface area contributed by atoms with E-state index in [1.165, 1.54) is 24.4 Å². The summed E-state index contributed by atoms with van der Waals surface area (Å²) in [5, 5.41) is 2.62. The van der Waals surface area contributed by atoms with Gasteiger partial charge in [0.25, 0.3) is 5.91 Å². The molecule has 1 heterocycles. The number of carbonyl (C=O) groups is 1. The maximum absolute atomic E-state index is 13.1. The van der Waals surface area contributed by atoms with Crippen LogP contribution in [0.5, 0.6) is 0 Å². The molecule has 0 aliphatic heterocycles. The number of carbonyl (C=O) groups excluding carboxylic acids is 1. The van der Waals surface area contributed by atoms with E-state index in [4.69, 9.17) is 11.6 Å². The number of para-hydroxylation sites is 1. The Balaban J connectivity index is 1.87. The van der Waals surface area contributed by atoms with Crippen LogP contribution in [0.4, 0.5) is 10.1 Å². The number of hydrogen-bond donors (Lipinski definition) is 1. The first-order valence-electron chi connectivity index (χ1n) is 6.49. The molecule has 0 fully saturated rings. The van der Waals surface area contributed by atoms with Crippen LogP contribution in [0.3, 0.4) is 0 Å². The normalized spacial score (nSPS) is 10.5. The topological polar surface area (TPSA) is 46.9 Å². The number of imidazole rings is 1. The lowest BCUT2D eigenvalue weighted by Crippen LogP contribution is -2.16. The fourth-order valence-electron chi connectivity index (χ4n) is 2.03. The maximum Gasteiger partial charge on any atom is 0.274 e. The lowest BCUT2D eigenvalue weighted by molar-refractivity contribution is 0.102. The quantitative estimate of drug-likeness (QED) is 0.796. The Kier molecular flexibility index (Phi) is 3.89. The third-order valence-corrected chi connectivity index (χ3v) is 3.37. The molecule has 1 aromatic heterocycles. The molecule has 110 valence electrons. The number of rotatable bonds is 3. The molecule has 6 heteroatoms. The van der Waals surface area contributed by atoms with Gasteiger partial charge in [0.1, 0.15) is 11.5 Å². The highest BCUT2D eigenvalue weighted by Crippen LogP contribution is 2.20. The van der Waals surface area contributed by atoms with E-state index in [0.29, 0.717) is 11.4 Å². The second-order valence-electron chi connectivity index (χ2n) is 4.57. The van der Waals surface area contributed by atoms with Crippen molar-refractivity contribution in [2.24, 2.45) is 0 Å². The van der Waals surface area contributed by atoms with Gasteiger partial charge in [-0.05, 0) is 30.3 Å². The van der Waals surface area contributed by atoms with E-state index in [9.17, 15) is 9.18 Å². The third kappa shape index (κ3) is 2.84. The van der Waals surface area contributed by atoms with Crippen molar-refractivity contribution in [3.8, 4) is 5.69 Å². The van der Waals surface area contributed by atoms with Crippen molar-refractivity contribution in [3.05, 3.63) is 77.6 Å². The largest absolute Gasteiger partial charge is 0.321 e. The number of aromatic nitrogens is 2. The number of nitrogens with one attached hydrogen (secondary N) is 1. The molecule has 0 saturated heterocycles. The Morgan fingerprint density at radius 2 is 1.95 bits per heavy atom. The highest BCUT2D eigenvalue weighted by atomic mass is 35.5. The molecule has 0 atom stereocenters. The zero-order chi connectivity index (χ0) is 15.5. The number of anilines is 1. The summed E-state index contributed by atoms with van der Waals surface area (Å²) in [6.45, 7) is 0. The van der Waals surface area contributed by atoms with Crippen LogP contribution >= 0.6 is 11.6 Å². The molecule has 0 unspecified atom stereocenters. The summed E-state index contributed by atoms with van der Waals surface area (Å²) in [5.41, 5.74) is 1.60. The van der Waals surface area contributed by atoms with Gasteiger partial charge >= 0.3 is 0 Å². The van der Waals surface area contributed by atoms with Crippen molar-refractivity contribution < 1.29 is 9.18 Å². The fraction of sp³-hybridized carbons (Fsp3) is 0. The molecule has 4 nitrogen and oxygen atoms in total. The lowest BCUT2D eigenvalue weighted by Gasteiger charge is -2.09. The van der Waals surface area contributed by atoms with E-state index in [1.54, 1.807) is 10.9 Å². The van der Waals surface area contributed by atoms with Crippen molar-refractivity contribution in [3.63, 3.8) is 0 Å². The van der Waals surface area contributed by atoms with Gasteiger partial charge in [-0.25, -0.2) is 9.37 Å². The van der Waals surface area contributed by atoms with E-state index < -0.39 is 5.82 Å². The van der Waals surface area contributed by atoms with E-state index in [0.717, 1.165) is 5.69 Å². The molecule has 0 aliphatic carbocycles. The van der Waals surface area contributed by atoms with Gasteiger partial charge < -0.3 is 5.32 Å². The van der Waals surface area contributed by atoms with Gasteiger partial charge in [0.05, 0.1) is 17.5 Å². The van der Waals surface area contributed by atoms with Crippen LogP contribution in [-0.2, 0) is 0 Å². The van der Waals surface area contributed by atoms with Crippen LogP contribution in [0.1, 0.15) is 10.5 Å². The van der Waals surface area contributed by atoms with Crippen LogP contribution in [0.2, 0.25) is 5.02 Å². The van der Waals surface area contributed by atoms with E-state index in [-0.39, 0.29) is 10.9 Å². The summed E-state index contributed by atoms with van der Waals surface area (Å²) in [6, 6.07) is 13.4. The first-order valence-corrected chi connectivity index (χ1v) is 6.87. The first-order chi connectivity index (χ1) is 10.6. The van der Waals surface area contributed by atoms with Crippen molar-refractivity contribution in [2.45, 2.75) is 0 Å². The summed E-state index contributed by atoms with van der Waals surface area (Å²) in [7, 11) is 0. The lowest BCUT2D eigenvalue weighted by atomic mass is 10.3. The van der Waals surface area contributed by atoms with Gasteiger partial charge in [0.15, 0.2) is 0 Å².